The molecule has 0 bridgehead atoms. The number of guanidine groups is 1. The normalized spacial score (nSPS) is 23.6. The van der Waals surface area contributed by atoms with Crippen molar-refractivity contribution >= 4 is 5.96 Å². The minimum atomic E-state index is 0.814. The largest absolute Gasteiger partial charge is 0.356 e. The predicted molar refractivity (Wildman–Crippen MR) is 84.9 cm³/mol. The van der Waals surface area contributed by atoms with Gasteiger partial charge in [-0.2, -0.15) is 0 Å². The molecule has 1 aromatic heterocycles. The van der Waals surface area contributed by atoms with E-state index in [2.05, 4.69) is 51.6 Å². The maximum absolute atomic E-state index is 4.29. The van der Waals surface area contributed by atoms with Crippen molar-refractivity contribution in [1.82, 2.24) is 15.2 Å². The minimum Gasteiger partial charge on any atom is -0.356 e. The lowest BCUT2D eigenvalue weighted by Crippen LogP contribution is -2.41. The number of nitrogens with one attached hydrogen (secondary N) is 2. The van der Waals surface area contributed by atoms with Gasteiger partial charge in [0.1, 0.15) is 0 Å². The summed E-state index contributed by atoms with van der Waals surface area (Å²) in [6.07, 6.45) is 9.64. The van der Waals surface area contributed by atoms with E-state index >= 15 is 0 Å². The summed E-state index contributed by atoms with van der Waals surface area (Å²) in [5.74, 6) is 2.66. The van der Waals surface area contributed by atoms with Gasteiger partial charge in [-0.05, 0) is 36.8 Å². The van der Waals surface area contributed by atoms with Crippen LogP contribution in [0.3, 0.4) is 0 Å². The van der Waals surface area contributed by atoms with Crippen molar-refractivity contribution < 1.29 is 0 Å². The first-order valence-corrected chi connectivity index (χ1v) is 7.83. The first-order valence-electron chi connectivity index (χ1n) is 7.83. The van der Waals surface area contributed by atoms with Crippen molar-refractivity contribution in [2.45, 2.75) is 39.2 Å². The Morgan fingerprint density at radius 1 is 1.15 bits per heavy atom. The first-order chi connectivity index (χ1) is 9.78. The van der Waals surface area contributed by atoms with Crippen LogP contribution in [0.5, 0.6) is 0 Å². The summed E-state index contributed by atoms with van der Waals surface area (Å²) in [6, 6.07) is 4.11. The molecule has 4 heteroatoms. The molecule has 1 fully saturated rings. The first kappa shape index (κ1) is 14.9. The van der Waals surface area contributed by atoms with Crippen LogP contribution in [0.2, 0.25) is 0 Å². The monoisotopic (exact) mass is 276 g/mol. The molecule has 1 heterocycles. The molecule has 0 atom stereocenters. The smallest absolute Gasteiger partial charge is 0.191 e. The van der Waals surface area contributed by atoms with E-state index in [0.29, 0.717) is 0 Å². The van der Waals surface area contributed by atoms with Gasteiger partial charge in [-0.3, -0.25) is 4.99 Å². The average molecular weight is 276 g/mol. The fraction of sp³-hybridized carbons (Fsp3) is 0.688. The molecule has 0 aromatic carbocycles. The van der Waals surface area contributed by atoms with Crippen LogP contribution in [-0.2, 0) is 6.54 Å². The predicted octanol–water partition coefficient (Wildman–Crippen LogP) is 2.48. The van der Waals surface area contributed by atoms with E-state index in [1.54, 1.807) is 0 Å². The molecule has 1 aromatic rings. The van der Waals surface area contributed by atoms with E-state index in [0.717, 1.165) is 37.4 Å². The van der Waals surface area contributed by atoms with Crippen molar-refractivity contribution in [2.75, 3.05) is 20.1 Å². The Kier molecular flexibility index (Phi) is 5.96. The molecule has 20 heavy (non-hydrogen) atoms. The maximum Gasteiger partial charge on any atom is 0.191 e. The molecule has 2 N–H and O–H groups in total. The fourth-order valence-corrected chi connectivity index (χ4v) is 2.82. The zero-order valence-corrected chi connectivity index (χ0v) is 12.8. The Labute approximate surface area is 122 Å². The third kappa shape index (κ3) is 4.91. The summed E-state index contributed by atoms with van der Waals surface area (Å²) in [6.45, 7) is 5.28. The third-order valence-corrected chi connectivity index (χ3v) is 4.25. The van der Waals surface area contributed by atoms with E-state index in [4.69, 9.17) is 0 Å². The second-order valence-corrected chi connectivity index (χ2v) is 5.93. The van der Waals surface area contributed by atoms with Crippen LogP contribution in [0.25, 0.3) is 0 Å². The van der Waals surface area contributed by atoms with Crippen LogP contribution in [0, 0.1) is 11.8 Å². The Bertz CT molecular complexity index is 389. The third-order valence-electron chi connectivity index (χ3n) is 4.25. The quantitative estimate of drug-likeness (QED) is 0.641. The number of rotatable bonds is 5. The summed E-state index contributed by atoms with van der Waals surface area (Å²) in [7, 11) is 1.84. The Hall–Kier alpha value is -1.45. The maximum atomic E-state index is 4.29. The van der Waals surface area contributed by atoms with Crippen LogP contribution in [-0.4, -0.2) is 30.7 Å². The number of hydrogen-bond acceptors (Lipinski definition) is 1. The zero-order chi connectivity index (χ0) is 14.2. The van der Waals surface area contributed by atoms with Crippen molar-refractivity contribution in [3.8, 4) is 0 Å². The van der Waals surface area contributed by atoms with Crippen molar-refractivity contribution in [3.63, 3.8) is 0 Å². The number of nitrogens with zero attached hydrogens (tertiary/aromatic N) is 2. The van der Waals surface area contributed by atoms with Gasteiger partial charge in [-0.15, -0.1) is 0 Å². The van der Waals surface area contributed by atoms with Crippen molar-refractivity contribution in [1.29, 1.82) is 0 Å². The number of aromatic nitrogens is 1. The van der Waals surface area contributed by atoms with Gasteiger partial charge in [0.05, 0.1) is 0 Å². The molecule has 4 nitrogen and oxygen atoms in total. The Morgan fingerprint density at radius 2 is 1.85 bits per heavy atom. The van der Waals surface area contributed by atoms with E-state index in [9.17, 15) is 0 Å². The van der Waals surface area contributed by atoms with Crippen LogP contribution in [0.1, 0.15) is 32.6 Å². The van der Waals surface area contributed by atoms with Gasteiger partial charge in [0.15, 0.2) is 5.96 Å². The van der Waals surface area contributed by atoms with Crippen molar-refractivity contribution in [2.24, 2.45) is 16.8 Å². The highest BCUT2D eigenvalue weighted by atomic mass is 15.2. The zero-order valence-electron chi connectivity index (χ0n) is 12.8. The molecular weight excluding hydrogens is 248 g/mol. The second-order valence-electron chi connectivity index (χ2n) is 5.93. The van der Waals surface area contributed by atoms with Crippen LogP contribution in [0.4, 0.5) is 0 Å². The SMILES string of the molecule is CN=C(NCCn1cccc1)NCC1CCC(C)CC1. The lowest BCUT2D eigenvalue weighted by Gasteiger charge is -2.26. The molecule has 0 aliphatic heterocycles. The fourth-order valence-electron chi connectivity index (χ4n) is 2.82. The summed E-state index contributed by atoms with van der Waals surface area (Å²) < 4.78 is 2.17. The molecule has 1 aliphatic rings. The van der Waals surface area contributed by atoms with E-state index in [1.165, 1.54) is 25.7 Å². The van der Waals surface area contributed by atoms with Crippen molar-refractivity contribution in [3.05, 3.63) is 24.5 Å². The summed E-state index contributed by atoms with van der Waals surface area (Å²) in [5.41, 5.74) is 0. The van der Waals surface area contributed by atoms with Gasteiger partial charge in [-0.25, -0.2) is 0 Å². The average Bonchev–Trinajstić information content (AvgIpc) is 2.97. The minimum absolute atomic E-state index is 0.814. The van der Waals surface area contributed by atoms with E-state index in [1.807, 2.05) is 7.05 Å². The molecule has 112 valence electrons. The molecule has 2 rings (SSSR count). The number of aliphatic imine (C=N–C) groups is 1. The molecule has 0 amide bonds. The van der Waals surface area contributed by atoms with Crippen LogP contribution >= 0.6 is 0 Å². The molecule has 0 radical (unpaired) electrons. The van der Waals surface area contributed by atoms with Crippen LogP contribution < -0.4 is 10.6 Å². The van der Waals surface area contributed by atoms with Crippen LogP contribution in [0.15, 0.2) is 29.5 Å². The lowest BCUT2D eigenvalue weighted by molar-refractivity contribution is 0.289. The van der Waals surface area contributed by atoms with Gasteiger partial charge in [-0.1, -0.05) is 19.8 Å². The van der Waals surface area contributed by atoms with Gasteiger partial charge in [0.2, 0.25) is 0 Å². The van der Waals surface area contributed by atoms with Gasteiger partial charge in [0, 0.05) is 39.1 Å². The Morgan fingerprint density at radius 3 is 2.50 bits per heavy atom. The lowest BCUT2D eigenvalue weighted by atomic mass is 9.83. The summed E-state index contributed by atoms with van der Waals surface area (Å²) in [4.78, 5) is 4.29. The topological polar surface area (TPSA) is 41.4 Å². The number of hydrogen-bond donors (Lipinski definition) is 2. The molecule has 1 saturated carbocycles. The van der Waals surface area contributed by atoms with Gasteiger partial charge >= 0.3 is 0 Å². The Balaban J connectivity index is 1.62. The molecule has 0 saturated heterocycles. The van der Waals surface area contributed by atoms with Gasteiger partial charge in [0.25, 0.3) is 0 Å². The van der Waals surface area contributed by atoms with E-state index < -0.39 is 0 Å². The summed E-state index contributed by atoms with van der Waals surface area (Å²) >= 11 is 0. The highest BCUT2D eigenvalue weighted by Crippen LogP contribution is 2.27. The molecule has 0 spiro atoms. The van der Waals surface area contributed by atoms with E-state index in [-0.39, 0.29) is 0 Å². The second kappa shape index (κ2) is 7.98. The summed E-state index contributed by atoms with van der Waals surface area (Å²) in [5, 5.41) is 6.84. The standard InChI is InChI=1S/C16H28N4/c1-14-5-7-15(8-6-14)13-19-16(17-2)18-9-12-20-10-3-4-11-20/h3-4,10-11,14-15H,5-9,12-13H2,1-2H3,(H2,17,18,19). The highest BCUT2D eigenvalue weighted by molar-refractivity contribution is 5.79. The molecular formula is C16H28N4. The molecule has 0 unspecified atom stereocenters. The van der Waals surface area contributed by atoms with Gasteiger partial charge < -0.3 is 15.2 Å². The molecule has 1 aliphatic carbocycles. The highest BCUT2D eigenvalue weighted by Gasteiger charge is 2.18.